The summed E-state index contributed by atoms with van der Waals surface area (Å²) in [4.78, 5) is 24.6. The molecule has 27 heavy (non-hydrogen) atoms. The monoisotopic (exact) mass is 361 g/mol. The topological polar surface area (TPSA) is 83.7 Å². The SMILES string of the molecule is Cc1cccc(C(=O)Nc2cccc(C(=O)N/N=C/c3ccc(C)o3)c2)c1. The van der Waals surface area contributed by atoms with Crippen LogP contribution in [0.25, 0.3) is 0 Å². The van der Waals surface area contributed by atoms with E-state index in [1.165, 1.54) is 6.21 Å². The third kappa shape index (κ3) is 4.92. The zero-order chi connectivity index (χ0) is 19.2. The van der Waals surface area contributed by atoms with Crippen LogP contribution in [0.15, 0.2) is 70.2 Å². The van der Waals surface area contributed by atoms with Crippen LogP contribution in [0.4, 0.5) is 5.69 Å². The van der Waals surface area contributed by atoms with Gasteiger partial charge >= 0.3 is 0 Å². The van der Waals surface area contributed by atoms with E-state index in [1.807, 2.05) is 32.0 Å². The highest BCUT2D eigenvalue weighted by atomic mass is 16.3. The Kier molecular flexibility index (Phi) is 5.47. The molecule has 6 heteroatoms. The van der Waals surface area contributed by atoms with E-state index in [0.717, 1.165) is 11.3 Å². The zero-order valence-electron chi connectivity index (χ0n) is 15.0. The molecule has 6 nitrogen and oxygen atoms in total. The van der Waals surface area contributed by atoms with Gasteiger partial charge in [0.1, 0.15) is 11.5 Å². The molecule has 0 unspecified atom stereocenters. The van der Waals surface area contributed by atoms with Gasteiger partial charge in [-0.2, -0.15) is 5.10 Å². The predicted molar refractivity (Wildman–Crippen MR) is 104 cm³/mol. The van der Waals surface area contributed by atoms with Gasteiger partial charge in [0.2, 0.25) is 0 Å². The number of carbonyl (C=O) groups excluding carboxylic acids is 2. The van der Waals surface area contributed by atoms with Crippen molar-refractivity contribution >= 4 is 23.7 Å². The van der Waals surface area contributed by atoms with Crippen LogP contribution in [0.5, 0.6) is 0 Å². The highest BCUT2D eigenvalue weighted by Gasteiger charge is 2.09. The van der Waals surface area contributed by atoms with Gasteiger partial charge in [-0.05, 0) is 56.3 Å². The fraction of sp³-hybridized carbons (Fsp3) is 0.0952. The molecular weight excluding hydrogens is 342 g/mol. The van der Waals surface area contributed by atoms with E-state index in [9.17, 15) is 9.59 Å². The lowest BCUT2D eigenvalue weighted by Gasteiger charge is -2.07. The second-order valence-electron chi connectivity index (χ2n) is 6.05. The molecular formula is C21H19N3O3. The molecule has 0 aliphatic rings. The minimum atomic E-state index is -0.388. The first-order chi connectivity index (χ1) is 13.0. The molecule has 3 aromatic rings. The average molecular weight is 361 g/mol. The summed E-state index contributed by atoms with van der Waals surface area (Å²) in [5, 5.41) is 6.67. The van der Waals surface area contributed by atoms with E-state index in [1.54, 1.807) is 42.5 Å². The van der Waals surface area contributed by atoms with E-state index in [0.29, 0.717) is 22.6 Å². The van der Waals surface area contributed by atoms with Crippen molar-refractivity contribution < 1.29 is 14.0 Å². The minimum absolute atomic E-state index is 0.234. The smallest absolute Gasteiger partial charge is 0.271 e. The lowest BCUT2D eigenvalue weighted by molar-refractivity contribution is 0.0953. The highest BCUT2D eigenvalue weighted by molar-refractivity contribution is 6.05. The van der Waals surface area contributed by atoms with E-state index in [4.69, 9.17) is 4.42 Å². The summed E-state index contributed by atoms with van der Waals surface area (Å²) < 4.78 is 5.34. The molecule has 1 aromatic heterocycles. The molecule has 0 aliphatic heterocycles. The summed E-state index contributed by atoms with van der Waals surface area (Å²) in [6.45, 7) is 3.75. The van der Waals surface area contributed by atoms with E-state index >= 15 is 0 Å². The summed E-state index contributed by atoms with van der Waals surface area (Å²) >= 11 is 0. The van der Waals surface area contributed by atoms with Crippen LogP contribution >= 0.6 is 0 Å². The van der Waals surface area contributed by atoms with Gasteiger partial charge in [0, 0.05) is 16.8 Å². The lowest BCUT2D eigenvalue weighted by Crippen LogP contribution is -2.18. The average Bonchev–Trinajstić information content (AvgIpc) is 3.07. The maximum absolute atomic E-state index is 12.3. The molecule has 0 bridgehead atoms. The third-order valence-electron chi connectivity index (χ3n) is 3.78. The number of rotatable bonds is 5. The molecule has 0 atom stereocenters. The van der Waals surface area contributed by atoms with Crippen LogP contribution in [0.1, 0.15) is 37.8 Å². The number of hydrogen-bond donors (Lipinski definition) is 2. The summed E-state index contributed by atoms with van der Waals surface area (Å²) in [5.74, 6) is 0.690. The van der Waals surface area contributed by atoms with Crippen LogP contribution < -0.4 is 10.7 Å². The first kappa shape index (κ1) is 18.1. The van der Waals surface area contributed by atoms with Crippen molar-refractivity contribution in [3.63, 3.8) is 0 Å². The van der Waals surface area contributed by atoms with Crippen LogP contribution in [-0.2, 0) is 0 Å². The fourth-order valence-corrected chi connectivity index (χ4v) is 2.47. The fourth-order valence-electron chi connectivity index (χ4n) is 2.47. The number of hydrazone groups is 1. The van der Waals surface area contributed by atoms with Gasteiger partial charge in [-0.1, -0.05) is 23.8 Å². The standard InChI is InChI=1S/C21H19N3O3/c1-14-5-3-6-16(11-14)20(25)23-18-8-4-7-17(12-18)21(26)24-22-13-19-10-9-15(2)27-19/h3-13H,1-2H3,(H,23,25)(H,24,26)/b22-13+. The molecule has 2 N–H and O–H groups in total. The second-order valence-corrected chi connectivity index (χ2v) is 6.05. The second kappa shape index (κ2) is 8.14. The van der Waals surface area contributed by atoms with Crippen molar-refractivity contribution in [1.82, 2.24) is 5.43 Å². The molecule has 0 saturated carbocycles. The Balaban J connectivity index is 1.65. The van der Waals surface area contributed by atoms with Crippen LogP contribution in [-0.4, -0.2) is 18.0 Å². The first-order valence-electron chi connectivity index (χ1n) is 8.39. The number of benzene rings is 2. The third-order valence-corrected chi connectivity index (χ3v) is 3.78. The van der Waals surface area contributed by atoms with Crippen molar-refractivity contribution in [2.24, 2.45) is 5.10 Å². The quantitative estimate of drug-likeness (QED) is 0.534. The Morgan fingerprint density at radius 3 is 2.37 bits per heavy atom. The van der Waals surface area contributed by atoms with Crippen molar-refractivity contribution in [1.29, 1.82) is 0 Å². The van der Waals surface area contributed by atoms with Crippen LogP contribution in [0.3, 0.4) is 0 Å². The van der Waals surface area contributed by atoms with Gasteiger partial charge in [-0.15, -0.1) is 0 Å². The molecule has 0 fully saturated rings. The number of aryl methyl sites for hydroxylation is 2. The number of nitrogens with zero attached hydrogens (tertiary/aromatic N) is 1. The zero-order valence-corrected chi connectivity index (χ0v) is 15.0. The number of anilines is 1. The molecule has 1 heterocycles. The van der Waals surface area contributed by atoms with Crippen molar-refractivity contribution in [2.45, 2.75) is 13.8 Å². The Labute approximate surface area is 156 Å². The number of hydrogen-bond acceptors (Lipinski definition) is 4. The maximum Gasteiger partial charge on any atom is 0.271 e. The van der Waals surface area contributed by atoms with Gasteiger partial charge in [-0.25, -0.2) is 5.43 Å². The number of furan rings is 1. The minimum Gasteiger partial charge on any atom is -0.460 e. The van der Waals surface area contributed by atoms with Crippen molar-refractivity contribution in [3.05, 3.63) is 88.9 Å². The molecule has 0 aliphatic carbocycles. The number of carbonyl (C=O) groups is 2. The molecule has 3 rings (SSSR count). The summed E-state index contributed by atoms with van der Waals surface area (Å²) in [6.07, 6.45) is 1.42. The Bertz CT molecular complexity index is 1010. The largest absolute Gasteiger partial charge is 0.460 e. The highest BCUT2D eigenvalue weighted by Crippen LogP contribution is 2.13. The van der Waals surface area contributed by atoms with Crippen molar-refractivity contribution in [3.8, 4) is 0 Å². The molecule has 2 aromatic carbocycles. The van der Waals surface area contributed by atoms with Crippen LogP contribution in [0.2, 0.25) is 0 Å². The Morgan fingerprint density at radius 2 is 1.67 bits per heavy atom. The molecule has 0 saturated heterocycles. The van der Waals surface area contributed by atoms with E-state index in [-0.39, 0.29) is 11.8 Å². The summed E-state index contributed by atoms with van der Waals surface area (Å²) in [6, 6.07) is 17.5. The Hall–Kier alpha value is -3.67. The van der Waals surface area contributed by atoms with Gasteiger partial charge in [0.25, 0.3) is 11.8 Å². The van der Waals surface area contributed by atoms with Crippen molar-refractivity contribution in [2.75, 3.05) is 5.32 Å². The molecule has 0 radical (unpaired) electrons. The maximum atomic E-state index is 12.3. The predicted octanol–water partition coefficient (Wildman–Crippen LogP) is 3.91. The normalized spacial score (nSPS) is 10.7. The number of amides is 2. The molecule has 136 valence electrons. The first-order valence-corrected chi connectivity index (χ1v) is 8.39. The van der Waals surface area contributed by atoms with Gasteiger partial charge in [0.15, 0.2) is 0 Å². The van der Waals surface area contributed by atoms with Gasteiger partial charge in [-0.3, -0.25) is 9.59 Å². The number of nitrogens with one attached hydrogen (secondary N) is 2. The van der Waals surface area contributed by atoms with Gasteiger partial charge in [0.05, 0.1) is 6.21 Å². The van der Waals surface area contributed by atoms with Gasteiger partial charge < -0.3 is 9.73 Å². The molecule has 0 spiro atoms. The lowest BCUT2D eigenvalue weighted by atomic mass is 10.1. The summed E-state index contributed by atoms with van der Waals surface area (Å²) in [7, 11) is 0. The Morgan fingerprint density at radius 1 is 0.926 bits per heavy atom. The molecule has 2 amide bonds. The van der Waals surface area contributed by atoms with E-state index < -0.39 is 0 Å². The summed E-state index contributed by atoms with van der Waals surface area (Å²) in [5.41, 5.74) is 4.90. The van der Waals surface area contributed by atoms with Crippen LogP contribution in [0, 0.1) is 13.8 Å². The van der Waals surface area contributed by atoms with E-state index in [2.05, 4.69) is 15.8 Å².